The minimum Gasteiger partial charge on any atom is -0.356 e. The lowest BCUT2D eigenvalue weighted by atomic mass is 9.86. The molecular weight excluding hydrogens is 360 g/mol. The van der Waals surface area contributed by atoms with Crippen LogP contribution in [-0.4, -0.2) is 51.1 Å². The molecule has 3 rings (SSSR count). The maximum Gasteiger partial charge on any atom is 0.142 e. The fourth-order valence-electron chi connectivity index (χ4n) is 3.95. The van der Waals surface area contributed by atoms with Crippen molar-refractivity contribution in [3.63, 3.8) is 0 Å². The van der Waals surface area contributed by atoms with Crippen LogP contribution in [-0.2, 0) is 9.92 Å². The highest BCUT2D eigenvalue weighted by Gasteiger charge is 2.28. The highest BCUT2D eigenvalue weighted by Crippen LogP contribution is 2.32. The van der Waals surface area contributed by atoms with E-state index in [1.807, 2.05) is 19.2 Å². The van der Waals surface area contributed by atoms with Crippen molar-refractivity contribution in [2.24, 2.45) is 10.3 Å². The zero-order valence-corrected chi connectivity index (χ0v) is 17.5. The molecule has 2 aromatic rings. The van der Waals surface area contributed by atoms with Crippen molar-refractivity contribution in [1.29, 1.82) is 0 Å². The first-order valence-corrected chi connectivity index (χ1v) is 11.7. The fraction of sp³-hybridized carbons (Fsp3) is 0.684. The van der Waals surface area contributed by atoms with Crippen LogP contribution in [0, 0.1) is 5.92 Å². The zero-order valence-electron chi connectivity index (χ0n) is 16.6. The molecule has 1 aliphatic rings. The highest BCUT2D eigenvalue weighted by atomic mass is 32.2. The SMILES string of the molecule is CCCN=S(=O)(CC1CCC(N(C)c2ncnc3[nH]ccc23)CC1)NCC. The maximum absolute atomic E-state index is 13.1. The minimum absolute atomic E-state index is 0.456. The molecule has 1 unspecified atom stereocenters. The van der Waals surface area contributed by atoms with Crippen molar-refractivity contribution < 1.29 is 4.21 Å². The first-order valence-electron chi connectivity index (χ1n) is 10.0. The van der Waals surface area contributed by atoms with E-state index in [2.05, 4.69) is 42.9 Å². The molecule has 2 aromatic heterocycles. The van der Waals surface area contributed by atoms with Gasteiger partial charge >= 0.3 is 0 Å². The average Bonchev–Trinajstić information content (AvgIpc) is 3.15. The Labute approximate surface area is 162 Å². The second-order valence-corrected chi connectivity index (χ2v) is 9.54. The summed E-state index contributed by atoms with van der Waals surface area (Å²) in [6.07, 6.45) is 8.81. The van der Waals surface area contributed by atoms with Gasteiger partial charge in [0, 0.05) is 38.1 Å². The third kappa shape index (κ3) is 4.79. The molecule has 0 saturated heterocycles. The maximum atomic E-state index is 13.1. The molecule has 1 atom stereocenters. The topological polar surface area (TPSA) is 86.3 Å². The van der Waals surface area contributed by atoms with E-state index in [1.165, 1.54) is 0 Å². The van der Waals surface area contributed by atoms with Gasteiger partial charge in [-0.15, -0.1) is 0 Å². The third-order valence-electron chi connectivity index (χ3n) is 5.39. The lowest BCUT2D eigenvalue weighted by Crippen LogP contribution is -2.38. The van der Waals surface area contributed by atoms with Gasteiger partial charge in [-0.25, -0.2) is 23.3 Å². The van der Waals surface area contributed by atoms with E-state index in [-0.39, 0.29) is 0 Å². The number of aromatic amines is 1. The monoisotopic (exact) mass is 392 g/mol. The molecule has 0 amide bonds. The number of hydrogen-bond acceptors (Lipinski definition) is 5. The van der Waals surface area contributed by atoms with E-state index in [1.54, 1.807) is 6.33 Å². The Kier molecular flexibility index (Phi) is 6.70. The molecular formula is C19H32N6OS. The summed E-state index contributed by atoms with van der Waals surface area (Å²) in [5.41, 5.74) is 0.878. The number of nitrogens with zero attached hydrogens (tertiary/aromatic N) is 4. The van der Waals surface area contributed by atoms with Crippen molar-refractivity contribution in [3.05, 3.63) is 18.6 Å². The van der Waals surface area contributed by atoms with Crippen LogP contribution in [0.15, 0.2) is 23.0 Å². The largest absolute Gasteiger partial charge is 0.356 e. The molecule has 8 heteroatoms. The summed E-state index contributed by atoms with van der Waals surface area (Å²) in [4.78, 5) is 14.2. The van der Waals surface area contributed by atoms with Gasteiger partial charge in [0.1, 0.15) is 27.7 Å². The molecule has 2 N–H and O–H groups in total. The summed E-state index contributed by atoms with van der Waals surface area (Å²) < 4.78 is 20.7. The summed E-state index contributed by atoms with van der Waals surface area (Å²) in [6, 6.07) is 2.49. The summed E-state index contributed by atoms with van der Waals surface area (Å²) >= 11 is 0. The number of H-pyrrole nitrogens is 1. The van der Waals surface area contributed by atoms with E-state index >= 15 is 0 Å². The van der Waals surface area contributed by atoms with E-state index < -0.39 is 9.92 Å². The van der Waals surface area contributed by atoms with E-state index in [0.29, 0.717) is 30.8 Å². The first kappa shape index (κ1) is 20.1. The van der Waals surface area contributed by atoms with Crippen molar-refractivity contribution in [1.82, 2.24) is 19.7 Å². The van der Waals surface area contributed by atoms with Crippen LogP contribution in [0.4, 0.5) is 5.82 Å². The standard InChI is InChI=1S/C19H32N6OS/c1-4-11-24-27(26,23-5-2)13-15-6-8-16(9-7-15)25(3)19-17-10-12-20-18(17)21-14-22-19/h10,12,14-16H,4-9,11,13H2,1-3H3,(H,20,21,22)(H,23,24,26). The zero-order chi connectivity index (χ0) is 19.3. The van der Waals surface area contributed by atoms with Gasteiger partial charge in [-0.3, -0.25) is 0 Å². The summed E-state index contributed by atoms with van der Waals surface area (Å²) in [5.74, 6) is 2.13. The Morgan fingerprint density at radius 3 is 2.78 bits per heavy atom. The molecule has 7 nitrogen and oxygen atoms in total. The van der Waals surface area contributed by atoms with E-state index in [9.17, 15) is 4.21 Å². The van der Waals surface area contributed by atoms with Crippen LogP contribution in [0.25, 0.3) is 11.0 Å². The van der Waals surface area contributed by atoms with Crippen LogP contribution in [0.2, 0.25) is 0 Å². The molecule has 0 bridgehead atoms. The van der Waals surface area contributed by atoms with Crippen LogP contribution >= 0.6 is 0 Å². The van der Waals surface area contributed by atoms with Gasteiger partial charge in [0.15, 0.2) is 0 Å². The van der Waals surface area contributed by atoms with Crippen molar-refractivity contribution in [2.45, 2.75) is 52.0 Å². The van der Waals surface area contributed by atoms with Gasteiger partial charge in [-0.05, 0) is 44.1 Å². The normalized spacial score (nSPS) is 22.5. The Morgan fingerprint density at radius 2 is 2.07 bits per heavy atom. The predicted octanol–water partition coefficient (Wildman–Crippen LogP) is 3.36. The van der Waals surface area contributed by atoms with E-state index in [4.69, 9.17) is 0 Å². The van der Waals surface area contributed by atoms with Crippen LogP contribution in [0.1, 0.15) is 46.0 Å². The quantitative estimate of drug-likeness (QED) is 0.721. The second kappa shape index (κ2) is 9.01. The second-order valence-electron chi connectivity index (χ2n) is 7.38. The number of nitrogens with one attached hydrogen (secondary N) is 2. The third-order valence-corrected chi connectivity index (χ3v) is 7.65. The molecule has 1 fully saturated rings. The van der Waals surface area contributed by atoms with Crippen LogP contribution in [0.5, 0.6) is 0 Å². The lowest BCUT2D eigenvalue weighted by molar-refractivity contribution is 0.342. The molecule has 0 spiro atoms. The van der Waals surface area contributed by atoms with Crippen molar-refractivity contribution >= 4 is 26.8 Å². The van der Waals surface area contributed by atoms with E-state index in [0.717, 1.165) is 49.0 Å². The number of anilines is 1. The Morgan fingerprint density at radius 1 is 1.30 bits per heavy atom. The van der Waals surface area contributed by atoms with Crippen molar-refractivity contribution in [2.75, 3.05) is 30.8 Å². The predicted molar refractivity (Wildman–Crippen MR) is 112 cm³/mol. The number of aromatic nitrogens is 3. The summed E-state index contributed by atoms with van der Waals surface area (Å²) in [5, 5.41) is 1.07. The minimum atomic E-state index is -2.28. The number of rotatable bonds is 8. The highest BCUT2D eigenvalue weighted by molar-refractivity contribution is 7.91. The summed E-state index contributed by atoms with van der Waals surface area (Å²) in [7, 11) is -0.152. The molecule has 0 aliphatic heterocycles. The summed E-state index contributed by atoms with van der Waals surface area (Å²) in [6.45, 7) is 5.44. The first-order chi connectivity index (χ1) is 13.1. The Balaban J connectivity index is 1.63. The number of fused-ring (bicyclic) bond motifs is 1. The molecule has 1 saturated carbocycles. The fourth-order valence-corrected chi connectivity index (χ4v) is 6.17. The van der Waals surface area contributed by atoms with Gasteiger partial charge in [0.2, 0.25) is 0 Å². The molecule has 2 heterocycles. The molecule has 27 heavy (non-hydrogen) atoms. The van der Waals surface area contributed by atoms with Crippen LogP contribution < -0.4 is 9.62 Å². The van der Waals surface area contributed by atoms with Crippen LogP contribution in [0.3, 0.4) is 0 Å². The Bertz CT molecular complexity index is 849. The lowest BCUT2D eigenvalue weighted by Gasteiger charge is -2.35. The smallest absolute Gasteiger partial charge is 0.142 e. The molecule has 0 radical (unpaired) electrons. The number of hydrogen-bond donors (Lipinski definition) is 2. The van der Waals surface area contributed by atoms with Gasteiger partial charge < -0.3 is 9.88 Å². The van der Waals surface area contributed by atoms with Gasteiger partial charge in [0.05, 0.1) is 5.39 Å². The van der Waals surface area contributed by atoms with Crippen molar-refractivity contribution in [3.8, 4) is 0 Å². The van der Waals surface area contributed by atoms with Gasteiger partial charge in [-0.2, -0.15) is 0 Å². The molecule has 150 valence electrons. The molecule has 0 aromatic carbocycles. The average molecular weight is 393 g/mol. The Hall–Kier alpha value is -1.67. The van der Waals surface area contributed by atoms with Gasteiger partial charge in [-0.1, -0.05) is 13.8 Å². The van der Waals surface area contributed by atoms with Gasteiger partial charge in [0.25, 0.3) is 0 Å². The molecule has 1 aliphatic carbocycles.